The van der Waals surface area contributed by atoms with E-state index >= 15 is 0 Å². The first-order valence-electron chi connectivity index (χ1n) is 5.55. The number of hydrogen-bond acceptors (Lipinski definition) is 3. The Bertz CT molecular complexity index is 289. The van der Waals surface area contributed by atoms with E-state index in [9.17, 15) is 9.59 Å². The lowest BCUT2D eigenvalue weighted by Gasteiger charge is -2.30. The fraction of sp³-hybridized carbons (Fsp3) is 0.833. The van der Waals surface area contributed by atoms with Crippen molar-refractivity contribution >= 4 is 27.8 Å². The highest BCUT2D eigenvalue weighted by molar-refractivity contribution is 9.09. The second kappa shape index (κ2) is 5.85. The Morgan fingerprint density at radius 1 is 1.18 bits per heavy atom. The van der Waals surface area contributed by atoms with E-state index in [-0.39, 0.29) is 16.5 Å². The topological polar surface area (TPSA) is 55.4 Å². The van der Waals surface area contributed by atoms with Crippen LogP contribution in [0.2, 0.25) is 0 Å². The normalized spacial score (nSPS) is 14.1. The number of carbonyl (C=O) groups is 2. The molecule has 1 N–H and O–H groups in total. The van der Waals surface area contributed by atoms with Crippen LogP contribution in [0.25, 0.3) is 0 Å². The monoisotopic (exact) mass is 307 g/mol. The molecule has 0 saturated carbocycles. The van der Waals surface area contributed by atoms with Gasteiger partial charge in [0.1, 0.15) is 5.60 Å². The maximum atomic E-state index is 11.7. The molecule has 0 aromatic carbocycles. The number of hydrogen-bond donors (Lipinski definition) is 1. The largest absolute Gasteiger partial charge is 0.444 e. The smallest absolute Gasteiger partial charge is 0.408 e. The first-order valence-corrected chi connectivity index (χ1v) is 6.67. The molecule has 100 valence electrons. The molecule has 0 spiro atoms. The average molecular weight is 308 g/mol. The molecule has 0 rings (SSSR count). The first kappa shape index (κ1) is 16.4. The Labute approximate surface area is 112 Å². The fourth-order valence-electron chi connectivity index (χ4n) is 1.28. The lowest BCUT2D eigenvalue weighted by Crippen LogP contribution is -2.50. The Balaban J connectivity index is 4.67. The van der Waals surface area contributed by atoms with Crippen LogP contribution in [-0.2, 0) is 9.53 Å². The van der Waals surface area contributed by atoms with Crippen LogP contribution in [0.1, 0.15) is 41.5 Å². The molecule has 0 saturated heterocycles. The van der Waals surface area contributed by atoms with Crippen molar-refractivity contribution < 1.29 is 14.3 Å². The van der Waals surface area contributed by atoms with Crippen molar-refractivity contribution in [1.29, 1.82) is 0 Å². The van der Waals surface area contributed by atoms with Gasteiger partial charge in [-0.3, -0.25) is 4.79 Å². The van der Waals surface area contributed by atoms with Gasteiger partial charge in [0.05, 0.1) is 11.4 Å². The number of halogens is 1. The van der Waals surface area contributed by atoms with Gasteiger partial charge in [0, 0.05) is 0 Å². The standard InChI is InChI=1S/C12H22BrNO3/c1-11(2,3)9(8(15)7-13)14-10(16)17-12(4,5)6/h9H,7H2,1-6H3,(H,14,16)/t9-/m1/s1. The van der Waals surface area contributed by atoms with Gasteiger partial charge in [0.2, 0.25) is 0 Å². The zero-order chi connectivity index (χ0) is 13.9. The van der Waals surface area contributed by atoms with Gasteiger partial charge in [-0.05, 0) is 26.2 Å². The molecule has 0 fully saturated rings. The SMILES string of the molecule is CC(C)(C)OC(=O)N[C@H](C(=O)CBr)C(C)(C)C. The van der Waals surface area contributed by atoms with Gasteiger partial charge < -0.3 is 10.1 Å². The summed E-state index contributed by atoms with van der Waals surface area (Å²) in [6.07, 6.45) is -0.563. The van der Waals surface area contributed by atoms with Crippen molar-refractivity contribution in [2.45, 2.75) is 53.2 Å². The summed E-state index contributed by atoms with van der Waals surface area (Å²) in [5.74, 6) is -0.0663. The third kappa shape index (κ3) is 6.66. The minimum atomic E-state index is -0.566. The number of Topliss-reactive ketones (excluding diaryl/α,β-unsaturated/α-hetero) is 1. The molecule has 0 heterocycles. The molecular formula is C12H22BrNO3. The number of nitrogens with one attached hydrogen (secondary N) is 1. The Kier molecular flexibility index (Phi) is 5.65. The molecule has 0 aromatic rings. The molecule has 1 atom stereocenters. The molecule has 0 unspecified atom stereocenters. The van der Waals surface area contributed by atoms with Crippen LogP contribution < -0.4 is 5.32 Å². The molecule has 0 aliphatic rings. The summed E-state index contributed by atoms with van der Waals surface area (Å²) in [5, 5.41) is 2.84. The van der Waals surface area contributed by atoms with Crippen LogP contribution in [0.15, 0.2) is 0 Å². The highest BCUT2D eigenvalue weighted by atomic mass is 79.9. The number of amides is 1. The third-order valence-electron chi connectivity index (χ3n) is 1.98. The van der Waals surface area contributed by atoms with Crippen LogP contribution in [0.4, 0.5) is 4.79 Å². The van der Waals surface area contributed by atoms with E-state index in [1.54, 1.807) is 20.8 Å². The highest BCUT2D eigenvalue weighted by Gasteiger charge is 2.33. The number of alkyl halides is 1. The van der Waals surface area contributed by atoms with Crippen molar-refractivity contribution in [1.82, 2.24) is 5.32 Å². The lowest BCUT2D eigenvalue weighted by atomic mass is 9.84. The maximum Gasteiger partial charge on any atom is 0.408 e. The summed E-state index contributed by atoms with van der Waals surface area (Å²) in [5.41, 5.74) is -0.911. The maximum absolute atomic E-state index is 11.7. The summed E-state index contributed by atoms with van der Waals surface area (Å²) in [6, 6.07) is -0.559. The van der Waals surface area contributed by atoms with Gasteiger partial charge >= 0.3 is 6.09 Å². The summed E-state index contributed by atoms with van der Waals surface area (Å²) >= 11 is 3.12. The van der Waals surface area contributed by atoms with E-state index in [1.165, 1.54) is 0 Å². The summed E-state index contributed by atoms with van der Waals surface area (Å²) in [6.45, 7) is 11.0. The fourth-order valence-corrected chi connectivity index (χ4v) is 1.61. The van der Waals surface area contributed by atoms with Crippen molar-refractivity contribution in [3.63, 3.8) is 0 Å². The van der Waals surface area contributed by atoms with Gasteiger partial charge in [-0.25, -0.2) is 4.79 Å². The van der Waals surface area contributed by atoms with E-state index in [4.69, 9.17) is 4.74 Å². The molecule has 0 bridgehead atoms. The lowest BCUT2D eigenvalue weighted by molar-refractivity contribution is -0.120. The summed E-state index contributed by atoms with van der Waals surface area (Å²) in [7, 11) is 0. The van der Waals surface area contributed by atoms with Crippen molar-refractivity contribution in [3.05, 3.63) is 0 Å². The van der Waals surface area contributed by atoms with Gasteiger partial charge in [0.25, 0.3) is 0 Å². The third-order valence-corrected chi connectivity index (χ3v) is 2.53. The molecular weight excluding hydrogens is 286 g/mol. The van der Waals surface area contributed by atoms with Crippen LogP contribution >= 0.6 is 15.9 Å². The predicted octanol–water partition coefficient (Wildman–Crippen LogP) is 2.89. The highest BCUT2D eigenvalue weighted by Crippen LogP contribution is 2.21. The number of ether oxygens (including phenoxy) is 1. The van der Waals surface area contributed by atoms with E-state index in [0.717, 1.165) is 0 Å². The van der Waals surface area contributed by atoms with Gasteiger partial charge in [-0.1, -0.05) is 36.7 Å². The predicted molar refractivity (Wildman–Crippen MR) is 71.4 cm³/mol. The Morgan fingerprint density at radius 2 is 1.65 bits per heavy atom. The van der Waals surface area contributed by atoms with Gasteiger partial charge in [-0.2, -0.15) is 0 Å². The first-order chi connectivity index (χ1) is 7.47. The quantitative estimate of drug-likeness (QED) is 0.816. The molecule has 0 radical (unpaired) electrons. The minimum Gasteiger partial charge on any atom is -0.444 e. The van der Waals surface area contributed by atoms with E-state index in [2.05, 4.69) is 21.2 Å². The molecule has 1 amide bonds. The summed E-state index contributed by atoms with van der Waals surface area (Å²) < 4.78 is 5.14. The molecule has 0 aromatic heterocycles. The number of alkyl carbamates (subject to hydrolysis) is 1. The van der Waals surface area contributed by atoms with Crippen molar-refractivity contribution in [2.75, 3.05) is 5.33 Å². The average Bonchev–Trinajstić information content (AvgIpc) is 2.08. The van der Waals surface area contributed by atoms with Crippen LogP contribution in [0.5, 0.6) is 0 Å². The van der Waals surface area contributed by atoms with Crippen molar-refractivity contribution in [2.24, 2.45) is 5.41 Å². The second-order valence-corrected chi connectivity index (χ2v) is 6.61. The molecule has 0 aliphatic carbocycles. The van der Waals surface area contributed by atoms with Crippen LogP contribution in [0.3, 0.4) is 0 Å². The van der Waals surface area contributed by atoms with Gasteiger partial charge in [0.15, 0.2) is 5.78 Å². The van der Waals surface area contributed by atoms with E-state index in [1.807, 2.05) is 20.8 Å². The molecule has 0 aliphatic heterocycles. The second-order valence-electron chi connectivity index (χ2n) is 6.05. The molecule has 17 heavy (non-hydrogen) atoms. The van der Waals surface area contributed by atoms with Crippen LogP contribution in [0, 0.1) is 5.41 Å². The Morgan fingerprint density at radius 3 is 1.94 bits per heavy atom. The van der Waals surface area contributed by atoms with Crippen molar-refractivity contribution in [3.8, 4) is 0 Å². The Hall–Kier alpha value is -0.580. The minimum absolute atomic E-state index is 0.0663. The molecule has 5 heteroatoms. The molecule has 4 nitrogen and oxygen atoms in total. The summed E-state index contributed by atoms with van der Waals surface area (Å²) in [4.78, 5) is 23.4. The number of rotatable bonds is 3. The van der Waals surface area contributed by atoms with E-state index in [0.29, 0.717) is 0 Å². The zero-order valence-corrected chi connectivity index (χ0v) is 13.0. The number of carbonyl (C=O) groups excluding carboxylic acids is 2. The number of ketones is 1. The van der Waals surface area contributed by atoms with Crippen LogP contribution in [-0.4, -0.2) is 28.8 Å². The zero-order valence-electron chi connectivity index (χ0n) is 11.4. The van der Waals surface area contributed by atoms with Gasteiger partial charge in [-0.15, -0.1) is 0 Å². The van der Waals surface area contributed by atoms with E-state index < -0.39 is 17.7 Å².